The Morgan fingerprint density at radius 3 is 2.79 bits per heavy atom. The maximum Gasteiger partial charge on any atom is 0.0585 e. The SMILES string of the molecule is C[C@@H]1C(CC2CCC3C4=C2CC=C2C=CCCC2N4C2=CC=NCC23)[C@@H]1C.Cl. The average molecular weight is 397 g/mol. The van der Waals surface area contributed by atoms with Crippen LogP contribution in [-0.4, -0.2) is 23.7 Å². The summed E-state index contributed by atoms with van der Waals surface area (Å²) in [6.07, 6.45) is 19.7. The van der Waals surface area contributed by atoms with Gasteiger partial charge in [0.05, 0.1) is 6.04 Å². The van der Waals surface area contributed by atoms with Crippen LogP contribution in [0, 0.1) is 35.5 Å². The molecule has 28 heavy (non-hydrogen) atoms. The van der Waals surface area contributed by atoms with Gasteiger partial charge in [-0.2, -0.15) is 0 Å². The van der Waals surface area contributed by atoms with E-state index in [1.807, 2.05) is 5.57 Å². The number of hydrogen-bond donors (Lipinski definition) is 0. The van der Waals surface area contributed by atoms with Crippen molar-refractivity contribution in [2.75, 3.05) is 6.54 Å². The highest BCUT2D eigenvalue weighted by molar-refractivity contribution is 5.85. The van der Waals surface area contributed by atoms with E-state index in [1.54, 1.807) is 17.0 Å². The third kappa shape index (κ3) is 2.63. The van der Waals surface area contributed by atoms with Crippen LogP contribution in [0.5, 0.6) is 0 Å². The van der Waals surface area contributed by atoms with E-state index in [4.69, 9.17) is 0 Å². The monoisotopic (exact) mass is 396 g/mol. The second kappa shape index (κ2) is 6.90. The van der Waals surface area contributed by atoms with Crippen molar-refractivity contribution >= 4 is 18.6 Å². The number of dihydropyridines is 1. The molecule has 0 N–H and O–H groups in total. The lowest BCUT2D eigenvalue weighted by molar-refractivity contribution is 0.307. The van der Waals surface area contributed by atoms with Gasteiger partial charge in [0, 0.05) is 36.0 Å². The first-order chi connectivity index (χ1) is 13.2. The molecule has 6 rings (SSSR count). The molecular weight excluding hydrogens is 364 g/mol. The van der Waals surface area contributed by atoms with E-state index in [9.17, 15) is 0 Å². The topological polar surface area (TPSA) is 15.6 Å². The average Bonchev–Trinajstić information content (AvgIpc) is 3.17. The van der Waals surface area contributed by atoms with Gasteiger partial charge in [0.15, 0.2) is 0 Å². The normalized spacial score (nSPS) is 42.6. The molecule has 0 aromatic heterocycles. The number of aliphatic imine (C=N–C) groups is 1. The van der Waals surface area contributed by atoms with Crippen molar-refractivity contribution in [3.05, 3.63) is 46.8 Å². The Bertz CT molecular complexity index is 808. The van der Waals surface area contributed by atoms with Crippen molar-refractivity contribution in [2.24, 2.45) is 40.5 Å². The smallest absolute Gasteiger partial charge is 0.0585 e. The van der Waals surface area contributed by atoms with E-state index in [1.165, 1.54) is 38.5 Å². The zero-order chi connectivity index (χ0) is 18.1. The molecule has 2 fully saturated rings. The fourth-order valence-corrected chi connectivity index (χ4v) is 6.98. The molecule has 0 amide bonds. The second-order valence-corrected chi connectivity index (χ2v) is 9.90. The van der Waals surface area contributed by atoms with E-state index >= 15 is 0 Å². The van der Waals surface area contributed by atoms with Crippen LogP contribution in [-0.2, 0) is 0 Å². The first kappa shape index (κ1) is 18.7. The Balaban J connectivity index is 0.00000171. The second-order valence-electron chi connectivity index (χ2n) is 9.90. The third-order valence-electron chi connectivity index (χ3n) is 8.82. The van der Waals surface area contributed by atoms with E-state index < -0.39 is 0 Å². The van der Waals surface area contributed by atoms with Gasteiger partial charge in [0.2, 0.25) is 0 Å². The molecule has 2 nitrogen and oxygen atoms in total. The summed E-state index contributed by atoms with van der Waals surface area (Å²) in [6, 6.07) is 0.574. The lowest BCUT2D eigenvalue weighted by Crippen LogP contribution is -2.35. The minimum atomic E-state index is 0. The molecule has 3 aliphatic heterocycles. The lowest BCUT2D eigenvalue weighted by Gasteiger charge is -2.38. The predicted molar refractivity (Wildman–Crippen MR) is 119 cm³/mol. The van der Waals surface area contributed by atoms with Crippen LogP contribution in [0.3, 0.4) is 0 Å². The zero-order valence-electron chi connectivity index (χ0n) is 17.2. The summed E-state index contributed by atoms with van der Waals surface area (Å²) in [5, 5.41) is 0. The van der Waals surface area contributed by atoms with Crippen LogP contribution in [0.4, 0.5) is 0 Å². The Labute approximate surface area is 176 Å². The lowest BCUT2D eigenvalue weighted by atomic mass is 9.73. The van der Waals surface area contributed by atoms with Crippen molar-refractivity contribution in [1.29, 1.82) is 0 Å². The summed E-state index contributed by atoms with van der Waals surface area (Å²) < 4.78 is 0. The van der Waals surface area contributed by atoms with Crippen molar-refractivity contribution < 1.29 is 0 Å². The summed E-state index contributed by atoms with van der Waals surface area (Å²) in [7, 11) is 0. The molecule has 6 aliphatic rings. The first-order valence-corrected chi connectivity index (χ1v) is 11.3. The van der Waals surface area contributed by atoms with Crippen LogP contribution in [0.25, 0.3) is 0 Å². The molecule has 150 valence electrons. The first-order valence-electron chi connectivity index (χ1n) is 11.3. The number of halogens is 1. The van der Waals surface area contributed by atoms with Crippen molar-refractivity contribution in [2.45, 2.75) is 58.4 Å². The molecule has 1 saturated carbocycles. The van der Waals surface area contributed by atoms with Gasteiger partial charge in [-0.1, -0.05) is 32.1 Å². The number of fused-ring (bicyclic) bond motifs is 5. The highest BCUT2D eigenvalue weighted by atomic mass is 35.5. The highest BCUT2D eigenvalue weighted by Crippen LogP contribution is 2.58. The van der Waals surface area contributed by atoms with E-state index in [2.05, 4.69) is 54.3 Å². The van der Waals surface area contributed by atoms with Crippen molar-refractivity contribution in [3.63, 3.8) is 0 Å². The van der Waals surface area contributed by atoms with Gasteiger partial charge in [-0.3, -0.25) is 4.99 Å². The molecule has 0 aromatic rings. The third-order valence-corrected chi connectivity index (χ3v) is 8.82. The molecule has 3 heteroatoms. The quantitative estimate of drug-likeness (QED) is 0.564. The summed E-state index contributed by atoms with van der Waals surface area (Å²) in [5.74, 6) is 5.05. The largest absolute Gasteiger partial charge is 0.341 e. The minimum Gasteiger partial charge on any atom is -0.341 e. The molecule has 3 aliphatic carbocycles. The highest BCUT2D eigenvalue weighted by Gasteiger charge is 2.51. The van der Waals surface area contributed by atoms with E-state index in [-0.39, 0.29) is 12.4 Å². The number of rotatable bonds is 2. The van der Waals surface area contributed by atoms with Crippen LogP contribution in [0.15, 0.2) is 51.8 Å². The summed E-state index contributed by atoms with van der Waals surface area (Å²) in [6.45, 7) is 5.93. The molecule has 7 atom stereocenters. The molecule has 1 saturated heterocycles. The van der Waals surface area contributed by atoms with Gasteiger partial charge in [0.1, 0.15) is 0 Å². The molecule has 0 aromatic carbocycles. The molecule has 5 unspecified atom stereocenters. The van der Waals surface area contributed by atoms with Crippen LogP contribution in [0.2, 0.25) is 0 Å². The van der Waals surface area contributed by atoms with Gasteiger partial charge in [-0.05, 0) is 79.4 Å². The Kier molecular flexibility index (Phi) is 4.62. The van der Waals surface area contributed by atoms with Gasteiger partial charge in [-0.15, -0.1) is 12.4 Å². The Hall–Kier alpha value is -1.28. The molecular formula is C25H33ClN2. The maximum absolute atomic E-state index is 4.67. The molecule has 0 spiro atoms. The van der Waals surface area contributed by atoms with Crippen LogP contribution in [0.1, 0.15) is 52.4 Å². The maximum atomic E-state index is 4.67. The number of nitrogens with zero attached hydrogens (tertiary/aromatic N) is 2. The van der Waals surface area contributed by atoms with Gasteiger partial charge < -0.3 is 4.90 Å². The fourth-order valence-electron chi connectivity index (χ4n) is 6.98. The van der Waals surface area contributed by atoms with Crippen LogP contribution < -0.4 is 0 Å². The predicted octanol–water partition coefficient (Wildman–Crippen LogP) is 5.93. The Morgan fingerprint density at radius 1 is 1.11 bits per heavy atom. The van der Waals surface area contributed by atoms with Gasteiger partial charge in [-0.25, -0.2) is 0 Å². The minimum absolute atomic E-state index is 0. The Morgan fingerprint density at radius 2 is 1.96 bits per heavy atom. The number of hydrogen-bond acceptors (Lipinski definition) is 2. The van der Waals surface area contributed by atoms with Crippen molar-refractivity contribution in [3.8, 4) is 0 Å². The summed E-state index contributed by atoms with van der Waals surface area (Å²) in [4.78, 5) is 7.49. The fraction of sp³-hybridized carbons (Fsp3) is 0.640. The van der Waals surface area contributed by atoms with E-state index in [0.29, 0.717) is 12.0 Å². The zero-order valence-corrected chi connectivity index (χ0v) is 18.0. The van der Waals surface area contributed by atoms with Gasteiger partial charge >= 0.3 is 0 Å². The molecule has 0 radical (unpaired) electrons. The van der Waals surface area contributed by atoms with Gasteiger partial charge in [0.25, 0.3) is 0 Å². The summed E-state index contributed by atoms with van der Waals surface area (Å²) >= 11 is 0. The van der Waals surface area contributed by atoms with Crippen LogP contribution >= 0.6 is 12.4 Å². The van der Waals surface area contributed by atoms with Crippen molar-refractivity contribution in [1.82, 2.24) is 4.90 Å². The summed E-state index contributed by atoms with van der Waals surface area (Å²) in [5.41, 5.74) is 6.72. The number of allylic oxidation sites excluding steroid dienone is 5. The standard InChI is InChI=1S/C25H32N2.ClH/c1-15-16(2)21(15)13-18-8-10-20-22-14-26-12-11-24(22)27-23-6-4-3-5-17(23)7-9-19(18)25(20)27;/h3,5,7,11-12,15-16,18,20-23H,4,6,8-10,13-14H2,1-2H3;1H/t15-,16+,18?,20?,21?,22?,23?;. The molecule has 0 bridgehead atoms. The van der Waals surface area contributed by atoms with E-state index in [0.717, 1.165) is 36.1 Å². The molecule has 3 heterocycles.